The van der Waals surface area contributed by atoms with Crippen molar-refractivity contribution in [3.05, 3.63) is 17.5 Å². The van der Waals surface area contributed by atoms with Gasteiger partial charge in [-0.25, -0.2) is 4.99 Å². The molecular formula is C20H36N6O2. The van der Waals surface area contributed by atoms with Crippen LogP contribution in [0.3, 0.4) is 0 Å². The van der Waals surface area contributed by atoms with E-state index in [0.29, 0.717) is 25.0 Å². The maximum absolute atomic E-state index is 11.9. The molecule has 8 heteroatoms. The molecule has 1 aliphatic rings. The van der Waals surface area contributed by atoms with Crippen LogP contribution < -0.4 is 16.0 Å². The molecule has 3 N–H and O–H groups in total. The molecule has 1 fully saturated rings. The van der Waals surface area contributed by atoms with Gasteiger partial charge in [-0.3, -0.25) is 9.69 Å². The molecule has 1 saturated heterocycles. The Labute approximate surface area is 168 Å². The van der Waals surface area contributed by atoms with Crippen molar-refractivity contribution in [3.63, 3.8) is 0 Å². The second kappa shape index (κ2) is 11.7. The zero-order valence-electron chi connectivity index (χ0n) is 17.8. The summed E-state index contributed by atoms with van der Waals surface area (Å²) in [6.07, 6.45) is 2.95. The van der Waals surface area contributed by atoms with E-state index in [4.69, 9.17) is 4.52 Å². The van der Waals surface area contributed by atoms with Crippen LogP contribution >= 0.6 is 0 Å². The molecule has 0 spiro atoms. The molecule has 0 atom stereocenters. The summed E-state index contributed by atoms with van der Waals surface area (Å²) >= 11 is 0. The largest absolute Gasteiger partial charge is 0.359 e. The number of likely N-dealkylation sites (tertiary alicyclic amines) is 1. The average molecular weight is 393 g/mol. The first-order valence-electron chi connectivity index (χ1n) is 10.5. The van der Waals surface area contributed by atoms with Gasteiger partial charge in [0.2, 0.25) is 5.91 Å². The summed E-state index contributed by atoms with van der Waals surface area (Å²) < 4.78 is 5.37. The molecule has 1 aromatic rings. The number of aliphatic imine (C=N–C) groups is 1. The minimum atomic E-state index is 0.121. The summed E-state index contributed by atoms with van der Waals surface area (Å²) in [5.74, 6) is 2.04. The monoisotopic (exact) mass is 392 g/mol. The standard InChI is InChI=1S/C20H36N6O2/c1-5-9-22-19(27)14-26-10-7-16(8-11-26)24-20(21-6-2)23-13-17-12-18(15(3)4)25-28-17/h12,15-16H,5-11,13-14H2,1-4H3,(H,22,27)(H2,21,23,24). The SMILES string of the molecule is CCCNC(=O)CN1CCC(NC(=NCc2cc(C(C)C)no2)NCC)CC1. The van der Waals surface area contributed by atoms with Gasteiger partial charge in [0.1, 0.15) is 6.54 Å². The number of piperidine rings is 1. The van der Waals surface area contributed by atoms with Gasteiger partial charge in [-0.1, -0.05) is 25.9 Å². The van der Waals surface area contributed by atoms with E-state index in [9.17, 15) is 4.79 Å². The Morgan fingerprint density at radius 3 is 2.68 bits per heavy atom. The minimum absolute atomic E-state index is 0.121. The third-order valence-corrected chi connectivity index (χ3v) is 4.77. The summed E-state index contributed by atoms with van der Waals surface area (Å²) in [4.78, 5) is 18.7. The van der Waals surface area contributed by atoms with Gasteiger partial charge in [0.05, 0.1) is 12.2 Å². The topological polar surface area (TPSA) is 94.8 Å². The van der Waals surface area contributed by atoms with E-state index in [1.807, 2.05) is 6.07 Å². The number of nitrogens with one attached hydrogen (secondary N) is 3. The van der Waals surface area contributed by atoms with Crippen molar-refractivity contribution >= 4 is 11.9 Å². The first-order chi connectivity index (χ1) is 13.5. The Morgan fingerprint density at radius 1 is 1.32 bits per heavy atom. The molecule has 158 valence electrons. The van der Waals surface area contributed by atoms with Crippen LogP contribution in [-0.4, -0.2) is 60.7 Å². The van der Waals surface area contributed by atoms with Crippen molar-refractivity contribution in [3.8, 4) is 0 Å². The summed E-state index contributed by atoms with van der Waals surface area (Å²) in [5.41, 5.74) is 0.957. The van der Waals surface area contributed by atoms with E-state index >= 15 is 0 Å². The number of guanidine groups is 1. The molecule has 28 heavy (non-hydrogen) atoms. The van der Waals surface area contributed by atoms with E-state index < -0.39 is 0 Å². The Kier molecular flexibility index (Phi) is 9.27. The smallest absolute Gasteiger partial charge is 0.234 e. The summed E-state index contributed by atoms with van der Waals surface area (Å²) in [7, 11) is 0. The Hall–Kier alpha value is -2.09. The van der Waals surface area contributed by atoms with Crippen molar-refractivity contribution in [1.29, 1.82) is 0 Å². The lowest BCUT2D eigenvalue weighted by Crippen LogP contribution is -2.50. The highest BCUT2D eigenvalue weighted by molar-refractivity contribution is 5.80. The Bertz CT molecular complexity index is 620. The predicted molar refractivity (Wildman–Crippen MR) is 111 cm³/mol. The third-order valence-electron chi connectivity index (χ3n) is 4.77. The van der Waals surface area contributed by atoms with Gasteiger partial charge in [0.25, 0.3) is 0 Å². The molecule has 2 heterocycles. The van der Waals surface area contributed by atoms with Crippen LogP contribution in [0.15, 0.2) is 15.6 Å². The van der Waals surface area contributed by atoms with Crippen molar-refractivity contribution in [2.75, 3.05) is 32.7 Å². The molecule has 1 aromatic heterocycles. The normalized spacial score (nSPS) is 16.4. The lowest BCUT2D eigenvalue weighted by molar-refractivity contribution is -0.122. The first-order valence-corrected chi connectivity index (χ1v) is 10.5. The van der Waals surface area contributed by atoms with Crippen LogP contribution in [0.25, 0.3) is 0 Å². The van der Waals surface area contributed by atoms with E-state index in [2.05, 4.69) is 58.7 Å². The molecule has 0 radical (unpaired) electrons. The lowest BCUT2D eigenvalue weighted by atomic mass is 10.1. The zero-order valence-corrected chi connectivity index (χ0v) is 17.8. The van der Waals surface area contributed by atoms with Crippen molar-refractivity contribution < 1.29 is 9.32 Å². The van der Waals surface area contributed by atoms with Crippen molar-refractivity contribution in [2.45, 2.75) is 65.5 Å². The zero-order chi connectivity index (χ0) is 20.4. The number of amides is 1. The number of hydrogen-bond donors (Lipinski definition) is 3. The lowest BCUT2D eigenvalue weighted by Gasteiger charge is -2.32. The van der Waals surface area contributed by atoms with Gasteiger partial charge in [0.15, 0.2) is 11.7 Å². The van der Waals surface area contributed by atoms with Crippen LogP contribution in [0.5, 0.6) is 0 Å². The van der Waals surface area contributed by atoms with Gasteiger partial charge in [-0.05, 0) is 32.1 Å². The predicted octanol–water partition coefficient (Wildman–Crippen LogP) is 1.84. The van der Waals surface area contributed by atoms with E-state index in [1.54, 1.807) is 0 Å². The molecule has 1 amide bonds. The highest BCUT2D eigenvalue weighted by atomic mass is 16.5. The number of nitrogens with zero attached hydrogens (tertiary/aromatic N) is 3. The number of aromatic nitrogens is 1. The van der Waals surface area contributed by atoms with E-state index in [-0.39, 0.29) is 5.91 Å². The molecule has 0 aromatic carbocycles. The van der Waals surface area contributed by atoms with E-state index in [1.165, 1.54) is 0 Å². The van der Waals surface area contributed by atoms with Crippen LogP contribution in [-0.2, 0) is 11.3 Å². The molecule has 0 unspecified atom stereocenters. The summed E-state index contributed by atoms with van der Waals surface area (Å²) in [5, 5.41) is 13.8. The van der Waals surface area contributed by atoms with Gasteiger partial charge in [-0.2, -0.15) is 0 Å². The average Bonchev–Trinajstić information content (AvgIpc) is 3.15. The fourth-order valence-electron chi connectivity index (χ4n) is 3.10. The quantitative estimate of drug-likeness (QED) is 0.438. The molecule has 1 aliphatic heterocycles. The fraction of sp³-hybridized carbons (Fsp3) is 0.750. The highest BCUT2D eigenvalue weighted by Gasteiger charge is 2.21. The molecule has 0 aliphatic carbocycles. The Morgan fingerprint density at radius 2 is 2.07 bits per heavy atom. The number of rotatable bonds is 9. The molecule has 8 nitrogen and oxygen atoms in total. The maximum Gasteiger partial charge on any atom is 0.234 e. The third kappa shape index (κ3) is 7.50. The van der Waals surface area contributed by atoms with Gasteiger partial charge >= 0.3 is 0 Å². The Balaban J connectivity index is 1.79. The number of hydrogen-bond acceptors (Lipinski definition) is 5. The molecular weight excluding hydrogens is 356 g/mol. The second-order valence-electron chi connectivity index (χ2n) is 7.61. The minimum Gasteiger partial charge on any atom is -0.359 e. The van der Waals surface area contributed by atoms with Crippen molar-refractivity contribution in [2.24, 2.45) is 4.99 Å². The maximum atomic E-state index is 11.9. The summed E-state index contributed by atoms with van der Waals surface area (Å²) in [6, 6.07) is 2.33. The highest BCUT2D eigenvalue weighted by Crippen LogP contribution is 2.14. The van der Waals surface area contributed by atoms with Crippen LogP contribution in [0.1, 0.15) is 64.3 Å². The molecule has 0 bridgehead atoms. The number of carbonyl (C=O) groups is 1. The van der Waals surface area contributed by atoms with Gasteiger partial charge in [-0.15, -0.1) is 0 Å². The molecule has 0 saturated carbocycles. The van der Waals surface area contributed by atoms with Crippen LogP contribution in [0.2, 0.25) is 0 Å². The molecule has 2 rings (SSSR count). The summed E-state index contributed by atoms with van der Waals surface area (Å²) in [6.45, 7) is 12.6. The van der Waals surface area contributed by atoms with Crippen LogP contribution in [0, 0.1) is 0 Å². The number of carbonyl (C=O) groups excluding carboxylic acids is 1. The fourth-order valence-corrected chi connectivity index (χ4v) is 3.10. The van der Waals surface area contributed by atoms with Crippen molar-refractivity contribution in [1.82, 2.24) is 26.0 Å². The van der Waals surface area contributed by atoms with E-state index in [0.717, 1.165) is 62.9 Å². The van der Waals surface area contributed by atoms with Crippen LogP contribution in [0.4, 0.5) is 0 Å². The second-order valence-corrected chi connectivity index (χ2v) is 7.61. The van der Waals surface area contributed by atoms with Gasteiger partial charge < -0.3 is 20.5 Å². The first kappa shape index (κ1) is 22.2. The van der Waals surface area contributed by atoms with Gasteiger partial charge in [0, 0.05) is 38.3 Å².